The maximum absolute atomic E-state index is 10.8. The van der Waals surface area contributed by atoms with Crippen LogP contribution in [0.15, 0.2) is 28.7 Å². The molecule has 0 aliphatic carbocycles. The third-order valence-corrected chi connectivity index (χ3v) is 3.80. The summed E-state index contributed by atoms with van der Waals surface area (Å²) in [5.74, 6) is 0. The molecule has 0 saturated carbocycles. The zero-order chi connectivity index (χ0) is 13.3. The van der Waals surface area contributed by atoms with Gasteiger partial charge in [0.25, 0.3) is 5.69 Å². The van der Waals surface area contributed by atoms with E-state index in [1.54, 1.807) is 12.1 Å². The molecule has 5 nitrogen and oxygen atoms in total. The number of hydrogen-bond acceptors (Lipinski definition) is 5. The van der Waals surface area contributed by atoms with E-state index in [9.17, 15) is 10.1 Å². The quantitative estimate of drug-likeness (QED) is 0.675. The number of nitrogens with zero attached hydrogens (tertiary/aromatic N) is 2. The Morgan fingerprint density at radius 3 is 2.67 bits per heavy atom. The fourth-order valence-corrected chi connectivity index (χ4v) is 2.80. The third kappa shape index (κ3) is 2.34. The van der Waals surface area contributed by atoms with Gasteiger partial charge in [0.05, 0.1) is 10.6 Å². The van der Waals surface area contributed by atoms with Crippen molar-refractivity contribution >= 4 is 38.6 Å². The van der Waals surface area contributed by atoms with Gasteiger partial charge in [-0.1, -0.05) is 15.9 Å². The van der Waals surface area contributed by atoms with Gasteiger partial charge in [0.2, 0.25) is 0 Å². The minimum Gasteiger partial charge on any atom is -0.397 e. The van der Waals surface area contributed by atoms with Gasteiger partial charge in [-0.3, -0.25) is 10.1 Å². The molecule has 0 spiro atoms. The van der Waals surface area contributed by atoms with Crippen molar-refractivity contribution in [3.8, 4) is 16.5 Å². The highest BCUT2D eigenvalue weighted by Crippen LogP contribution is 2.35. The summed E-state index contributed by atoms with van der Waals surface area (Å²) < 4.78 is 0.608. The van der Waals surface area contributed by atoms with Gasteiger partial charge < -0.3 is 5.73 Å². The molecule has 1 aromatic heterocycles. The summed E-state index contributed by atoms with van der Waals surface area (Å²) in [5, 5.41) is 19.6. The topological polar surface area (TPSA) is 92.9 Å². The predicted molar refractivity (Wildman–Crippen MR) is 73.2 cm³/mol. The van der Waals surface area contributed by atoms with E-state index in [0.717, 1.165) is 4.88 Å². The van der Waals surface area contributed by atoms with Crippen molar-refractivity contribution in [2.24, 2.45) is 0 Å². The molecule has 0 unspecified atom stereocenters. The first-order valence-electron chi connectivity index (χ1n) is 4.76. The lowest BCUT2D eigenvalue weighted by Crippen LogP contribution is -1.88. The lowest BCUT2D eigenvalue weighted by atomic mass is 10.1. The molecular formula is C11H6BrN3O2S. The predicted octanol–water partition coefficient (Wildman–Crippen LogP) is 3.54. The van der Waals surface area contributed by atoms with Crippen LogP contribution in [0.25, 0.3) is 10.4 Å². The lowest BCUT2D eigenvalue weighted by Gasteiger charge is -1.99. The van der Waals surface area contributed by atoms with Crippen molar-refractivity contribution in [3.05, 3.63) is 43.7 Å². The Bertz CT molecular complexity index is 675. The average molecular weight is 324 g/mol. The van der Waals surface area contributed by atoms with E-state index < -0.39 is 4.92 Å². The van der Waals surface area contributed by atoms with Crippen LogP contribution >= 0.6 is 27.3 Å². The Kier molecular flexibility index (Phi) is 3.32. The van der Waals surface area contributed by atoms with E-state index in [0.29, 0.717) is 20.6 Å². The van der Waals surface area contributed by atoms with Crippen LogP contribution < -0.4 is 5.73 Å². The number of thiophene rings is 1. The normalized spacial score (nSPS) is 10.0. The molecule has 2 rings (SSSR count). The number of non-ortho nitro benzene ring substituents is 1. The molecule has 0 saturated heterocycles. The van der Waals surface area contributed by atoms with E-state index in [2.05, 4.69) is 15.9 Å². The minimum atomic E-state index is -0.462. The van der Waals surface area contributed by atoms with E-state index in [1.807, 2.05) is 6.07 Å². The van der Waals surface area contributed by atoms with Crippen LogP contribution in [0.4, 0.5) is 11.4 Å². The van der Waals surface area contributed by atoms with E-state index in [1.165, 1.54) is 23.5 Å². The standard InChI is InChI=1S/C11H6BrN3O2S/c12-7-1-6(2-8(3-7)15(16)17)10-4-9(14)11(5-13)18-10/h1-4H,14H2. The fourth-order valence-electron chi connectivity index (χ4n) is 1.46. The number of rotatable bonds is 2. The van der Waals surface area contributed by atoms with Crippen LogP contribution in [0.1, 0.15) is 4.88 Å². The minimum absolute atomic E-state index is 0.00939. The monoisotopic (exact) mass is 323 g/mol. The van der Waals surface area contributed by atoms with Gasteiger partial charge in [-0.2, -0.15) is 5.26 Å². The number of nitro benzene ring substituents is 1. The van der Waals surface area contributed by atoms with Gasteiger partial charge in [-0.25, -0.2) is 0 Å². The van der Waals surface area contributed by atoms with Crippen LogP contribution in [0.5, 0.6) is 0 Å². The average Bonchev–Trinajstić information content (AvgIpc) is 2.69. The highest BCUT2D eigenvalue weighted by Gasteiger charge is 2.13. The van der Waals surface area contributed by atoms with Crippen molar-refractivity contribution in [3.63, 3.8) is 0 Å². The lowest BCUT2D eigenvalue weighted by molar-refractivity contribution is -0.384. The van der Waals surface area contributed by atoms with E-state index in [-0.39, 0.29) is 5.69 Å². The van der Waals surface area contributed by atoms with Gasteiger partial charge in [0.1, 0.15) is 10.9 Å². The second-order valence-corrected chi connectivity index (χ2v) is 5.43. The molecular weight excluding hydrogens is 318 g/mol. The number of nitrogen functional groups attached to an aromatic ring is 1. The third-order valence-electron chi connectivity index (χ3n) is 2.24. The molecule has 7 heteroatoms. The molecule has 2 aromatic rings. The Morgan fingerprint density at radius 2 is 2.11 bits per heavy atom. The molecule has 18 heavy (non-hydrogen) atoms. The summed E-state index contributed by atoms with van der Waals surface area (Å²) >= 11 is 4.44. The number of nitrogens with two attached hydrogens (primary N) is 1. The molecule has 1 heterocycles. The molecule has 0 atom stereocenters. The van der Waals surface area contributed by atoms with Crippen LogP contribution in [0.3, 0.4) is 0 Å². The maximum Gasteiger partial charge on any atom is 0.271 e. The van der Waals surface area contributed by atoms with Gasteiger partial charge in [-0.05, 0) is 17.7 Å². The van der Waals surface area contributed by atoms with E-state index in [4.69, 9.17) is 11.0 Å². The van der Waals surface area contributed by atoms with Gasteiger partial charge in [0, 0.05) is 21.5 Å². The zero-order valence-corrected chi connectivity index (χ0v) is 11.3. The summed E-state index contributed by atoms with van der Waals surface area (Å²) in [6, 6.07) is 8.26. The Morgan fingerprint density at radius 1 is 1.39 bits per heavy atom. The Balaban J connectivity index is 2.57. The fraction of sp³-hybridized carbons (Fsp3) is 0. The summed E-state index contributed by atoms with van der Waals surface area (Å²) in [6.45, 7) is 0. The molecule has 90 valence electrons. The zero-order valence-electron chi connectivity index (χ0n) is 8.88. The molecule has 0 fully saturated rings. The number of nitro groups is 1. The number of nitriles is 1. The first-order valence-corrected chi connectivity index (χ1v) is 6.37. The number of benzene rings is 1. The summed E-state index contributed by atoms with van der Waals surface area (Å²) in [5.41, 5.74) is 6.71. The van der Waals surface area contributed by atoms with Crippen molar-refractivity contribution in [2.75, 3.05) is 5.73 Å². The van der Waals surface area contributed by atoms with Gasteiger partial charge in [-0.15, -0.1) is 11.3 Å². The maximum atomic E-state index is 10.8. The van der Waals surface area contributed by atoms with Gasteiger partial charge >= 0.3 is 0 Å². The molecule has 0 aliphatic heterocycles. The number of anilines is 1. The van der Waals surface area contributed by atoms with Gasteiger partial charge in [0.15, 0.2) is 0 Å². The molecule has 1 aromatic carbocycles. The molecule has 0 amide bonds. The summed E-state index contributed by atoms with van der Waals surface area (Å²) in [7, 11) is 0. The number of hydrogen-bond donors (Lipinski definition) is 1. The van der Waals surface area contributed by atoms with Crippen molar-refractivity contribution in [1.29, 1.82) is 5.26 Å². The highest BCUT2D eigenvalue weighted by atomic mass is 79.9. The first kappa shape index (κ1) is 12.5. The van der Waals surface area contributed by atoms with Crippen molar-refractivity contribution in [1.82, 2.24) is 0 Å². The molecule has 0 aliphatic rings. The van der Waals surface area contributed by atoms with Crippen molar-refractivity contribution in [2.45, 2.75) is 0 Å². The first-order chi connectivity index (χ1) is 8.51. The Hall–Kier alpha value is -1.91. The smallest absolute Gasteiger partial charge is 0.271 e. The second-order valence-electron chi connectivity index (χ2n) is 3.46. The summed E-state index contributed by atoms with van der Waals surface area (Å²) in [4.78, 5) is 11.5. The van der Waals surface area contributed by atoms with Crippen LogP contribution in [-0.4, -0.2) is 4.92 Å². The van der Waals surface area contributed by atoms with Crippen LogP contribution in [0.2, 0.25) is 0 Å². The Labute approximate surface area is 115 Å². The SMILES string of the molecule is N#Cc1sc(-c2cc(Br)cc([N+](=O)[O-])c2)cc1N. The van der Waals surface area contributed by atoms with E-state index >= 15 is 0 Å². The highest BCUT2D eigenvalue weighted by molar-refractivity contribution is 9.10. The second kappa shape index (κ2) is 4.76. The molecule has 2 N–H and O–H groups in total. The van der Waals surface area contributed by atoms with Crippen molar-refractivity contribution < 1.29 is 4.92 Å². The molecule has 0 bridgehead atoms. The summed E-state index contributed by atoms with van der Waals surface area (Å²) in [6.07, 6.45) is 0. The van der Waals surface area contributed by atoms with Crippen LogP contribution in [0, 0.1) is 21.4 Å². The van der Waals surface area contributed by atoms with Crippen LogP contribution in [-0.2, 0) is 0 Å². The number of halogens is 1. The molecule has 0 radical (unpaired) electrons. The largest absolute Gasteiger partial charge is 0.397 e.